The van der Waals surface area contributed by atoms with E-state index in [2.05, 4.69) is 4.74 Å². The molecule has 174 valence electrons. The molecule has 3 aromatic rings. The van der Waals surface area contributed by atoms with Gasteiger partial charge in [-0.25, -0.2) is 4.74 Å². The molecule has 0 saturated carbocycles. The summed E-state index contributed by atoms with van der Waals surface area (Å²) in [5, 5.41) is 0. The summed E-state index contributed by atoms with van der Waals surface area (Å²) in [5.41, 5.74) is 1.04. The van der Waals surface area contributed by atoms with E-state index in [4.69, 9.17) is 14.0 Å². The van der Waals surface area contributed by atoms with Gasteiger partial charge in [0.15, 0.2) is 5.78 Å². The van der Waals surface area contributed by atoms with E-state index in [1.54, 1.807) is 20.1 Å². The van der Waals surface area contributed by atoms with Crippen LogP contribution in [0.3, 0.4) is 0 Å². The average molecular weight is 474 g/mol. The minimum atomic E-state index is -4.48. The van der Waals surface area contributed by atoms with Crippen LogP contribution in [-0.4, -0.2) is 19.4 Å². The van der Waals surface area contributed by atoms with Crippen molar-refractivity contribution in [2.24, 2.45) is 9.74 Å². The first-order valence-corrected chi connectivity index (χ1v) is 12.2. The third kappa shape index (κ3) is 6.64. The summed E-state index contributed by atoms with van der Waals surface area (Å²) < 4.78 is 56.9. The first-order valence-electron chi connectivity index (χ1n) is 10.6. The molecule has 0 fully saturated rings. The van der Waals surface area contributed by atoms with E-state index in [1.807, 2.05) is 60.7 Å². The van der Waals surface area contributed by atoms with E-state index in [0.29, 0.717) is 0 Å². The van der Waals surface area contributed by atoms with Crippen molar-refractivity contribution in [2.45, 2.75) is 25.8 Å². The zero-order valence-electron chi connectivity index (χ0n) is 18.4. The number of hydrogen-bond donors (Lipinski definition) is 0. The highest BCUT2D eigenvalue weighted by Gasteiger charge is 2.35. The molecule has 0 bridgehead atoms. The molecule has 4 nitrogen and oxygen atoms in total. The third-order valence-corrected chi connectivity index (χ3v) is 7.44. The topological polar surface area (TPSA) is 43.2 Å². The molecule has 3 rings (SSSR count). The van der Waals surface area contributed by atoms with Crippen molar-refractivity contribution in [3.63, 3.8) is 0 Å². The maximum atomic E-state index is 13.3. The van der Waals surface area contributed by atoms with E-state index in [0.717, 1.165) is 23.3 Å². The lowest BCUT2D eigenvalue weighted by atomic mass is 10.2. The Morgan fingerprint density at radius 3 is 2.03 bits per heavy atom. The number of nitrogens with zero attached hydrogens (tertiary/aromatic N) is 2. The normalized spacial score (nSPS) is 13.2. The lowest BCUT2D eigenvalue weighted by Crippen LogP contribution is -2.07. The first-order chi connectivity index (χ1) is 15.9. The van der Waals surface area contributed by atoms with Crippen molar-refractivity contribution in [1.29, 1.82) is 0 Å². The van der Waals surface area contributed by atoms with Crippen LogP contribution >= 0.6 is 7.51 Å². The summed E-state index contributed by atoms with van der Waals surface area (Å²) in [6, 6.07) is 23.8. The Balaban J connectivity index is 2.21. The van der Waals surface area contributed by atoms with E-state index in [1.165, 1.54) is 12.1 Å². The molecule has 3 aromatic carbocycles. The summed E-state index contributed by atoms with van der Waals surface area (Å²) in [6.07, 6.45) is -2.76. The summed E-state index contributed by atoms with van der Waals surface area (Å²) in [6.45, 7) is 4.14. The largest absolute Gasteiger partial charge is 0.416 e. The average Bonchev–Trinajstić information content (AvgIpc) is 2.80. The fourth-order valence-electron chi connectivity index (χ4n) is 3.25. The standard InChI is InChI=1S/C25H26F3N2O2P/c1-3-31-33(32-4-2,30-23-17-11-16-22(18-23)25(26,27)28)24(21-14-9-6-10-15-21)29-19-20-12-7-5-8-13-20/h5-19,24H,3-4H2,1-2H3. The van der Waals surface area contributed by atoms with Gasteiger partial charge < -0.3 is 9.05 Å². The molecule has 1 atom stereocenters. The van der Waals surface area contributed by atoms with Gasteiger partial charge in [-0.1, -0.05) is 66.7 Å². The number of halogens is 3. The van der Waals surface area contributed by atoms with Gasteiger partial charge in [0, 0.05) is 6.21 Å². The second-order valence-corrected chi connectivity index (χ2v) is 9.35. The Labute approximate surface area is 192 Å². The molecule has 0 radical (unpaired) electrons. The van der Waals surface area contributed by atoms with Crippen LogP contribution in [0.5, 0.6) is 0 Å². The number of alkyl halides is 3. The minimum absolute atomic E-state index is 0.135. The molecule has 0 aliphatic carbocycles. The van der Waals surface area contributed by atoms with Crippen LogP contribution in [-0.2, 0) is 15.2 Å². The van der Waals surface area contributed by atoms with Crippen LogP contribution in [0.1, 0.15) is 36.3 Å². The van der Waals surface area contributed by atoms with Gasteiger partial charge in [0.2, 0.25) is 7.51 Å². The maximum Gasteiger partial charge on any atom is 0.416 e. The van der Waals surface area contributed by atoms with Gasteiger partial charge in [0.1, 0.15) is 0 Å². The molecule has 0 saturated heterocycles. The highest BCUT2D eigenvalue weighted by atomic mass is 31.2. The Bertz CT molecular complexity index is 1090. The van der Waals surface area contributed by atoms with Crippen molar-refractivity contribution in [3.8, 4) is 0 Å². The van der Waals surface area contributed by atoms with Crippen molar-refractivity contribution >= 4 is 19.4 Å². The predicted molar refractivity (Wildman–Crippen MR) is 127 cm³/mol. The molecule has 0 amide bonds. The lowest BCUT2D eigenvalue weighted by molar-refractivity contribution is -0.137. The van der Waals surface area contributed by atoms with Crippen LogP contribution < -0.4 is 0 Å². The van der Waals surface area contributed by atoms with Gasteiger partial charge in [0.05, 0.1) is 24.5 Å². The van der Waals surface area contributed by atoms with Gasteiger partial charge >= 0.3 is 6.18 Å². The van der Waals surface area contributed by atoms with Crippen LogP contribution in [0.15, 0.2) is 94.7 Å². The molecule has 1 unspecified atom stereocenters. The molecule has 0 spiro atoms. The van der Waals surface area contributed by atoms with Crippen molar-refractivity contribution in [3.05, 3.63) is 102 Å². The molecule has 0 aliphatic heterocycles. The smallest absolute Gasteiger partial charge is 0.322 e. The van der Waals surface area contributed by atoms with Gasteiger partial charge in [-0.15, -0.1) is 0 Å². The Kier molecular flexibility index (Phi) is 8.61. The molecule has 33 heavy (non-hydrogen) atoms. The Morgan fingerprint density at radius 1 is 0.848 bits per heavy atom. The van der Waals surface area contributed by atoms with Crippen LogP contribution in [0.4, 0.5) is 18.9 Å². The maximum absolute atomic E-state index is 13.3. The SMILES string of the molecule is CCOP(=Nc1cccc(C(F)(F)F)c1)(OCC)C(N=Cc1ccccc1)c1ccccc1. The van der Waals surface area contributed by atoms with Gasteiger partial charge in [-0.2, -0.15) is 13.2 Å². The highest BCUT2D eigenvalue weighted by molar-refractivity contribution is 7.57. The third-order valence-electron chi connectivity index (χ3n) is 4.63. The zero-order valence-corrected chi connectivity index (χ0v) is 19.3. The molecule has 0 aliphatic rings. The van der Waals surface area contributed by atoms with Crippen molar-refractivity contribution in [2.75, 3.05) is 13.2 Å². The highest BCUT2D eigenvalue weighted by Crippen LogP contribution is 2.66. The number of aliphatic imine (C=N–C) groups is 1. The molecule has 0 heterocycles. The zero-order chi connectivity index (χ0) is 23.7. The lowest BCUT2D eigenvalue weighted by Gasteiger charge is -2.29. The number of rotatable bonds is 9. The second kappa shape index (κ2) is 11.4. The van der Waals surface area contributed by atoms with E-state index >= 15 is 0 Å². The molecular formula is C25H26F3N2O2P. The molecular weight excluding hydrogens is 448 g/mol. The number of hydrogen-bond acceptors (Lipinski definition) is 4. The van der Waals surface area contributed by atoms with Crippen molar-refractivity contribution < 1.29 is 22.2 Å². The summed E-state index contributed by atoms with van der Waals surface area (Å²) in [7, 11) is -3.20. The first kappa shape index (κ1) is 24.9. The van der Waals surface area contributed by atoms with Gasteiger partial charge in [0.25, 0.3) is 0 Å². The molecule has 0 N–H and O–H groups in total. The van der Waals surface area contributed by atoms with Gasteiger partial charge in [-0.05, 0) is 43.2 Å². The summed E-state index contributed by atoms with van der Waals surface area (Å²) in [5.74, 6) is -0.659. The Morgan fingerprint density at radius 2 is 1.45 bits per heavy atom. The van der Waals surface area contributed by atoms with Crippen molar-refractivity contribution in [1.82, 2.24) is 0 Å². The summed E-state index contributed by atoms with van der Waals surface area (Å²) in [4.78, 5) is 4.80. The summed E-state index contributed by atoms with van der Waals surface area (Å²) >= 11 is 0. The monoisotopic (exact) mass is 474 g/mol. The van der Waals surface area contributed by atoms with Crippen LogP contribution in [0.25, 0.3) is 0 Å². The van der Waals surface area contributed by atoms with Crippen LogP contribution in [0.2, 0.25) is 0 Å². The van der Waals surface area contributed by atoms with Gasteiger partial charge in [-0.3, -0.25) is 4.99 Å². The second-order valence-electron chi connectivity index (χ2n) is 7.02. The fraction of sp³-hybridized carbons (Fsp3) is 0.240. The number of benzene rings is 3. The molecule has 8 heteroatoms. The Hall–Kier alpha value is -2.73. The minimum Gasteiger partial charge on any atom is -0.322 e. The van der Waals surface area contributed by atoms with E-state index in [9.17, 15) is 13.2 Å². The predicted octanol–water partition coefficient (Wildman–Crippen LogP) is 8.26. The van der Waals surface area contributed by atoms with E-state index < -0.39 is 25.0 Å². The molecule has 0 aromatic heterocycles. The quantitative estimate of drug-likeness (QED) is 0.231. The van der Waals surface area contributed by atoms with E-state index in [-0.39, 0.29) is 18.9 Å². The van der Waals surface area contributed by atoms with Crippen LogP contribution in [0, 0.1) is 0 Å². The fourth-order valence-corrected chi connectivity index (χ4v) is 5.80.